The van der Waals surface area contributed by atoms with E-state index in [1.807, 2.05) is 30.0 Å². The monoisotopic (exact) mass is 268 g/mol. The minimum absolute atomic E-state index is 0. The summed E-state index contributed by atoms with van der Waals surface area (Å²) in [5, 5.41) is 0. The Bertz CT molecular complexity index is 420. The quantitative estimate of drug-likeness (QED) is 0.895. The first-order chi connectivity index (χ1) is 8.08. The molecule has 1 aliphatic heterocycles. The van der Waals surface area contributed by atoms with Crippen molar-refractivity contribution in [2.45, 2.75) is 32.7 Å². The van der Waals surface area contributed by atoms with Gasteiger partial charge in [0.1, 0.15) is 0 Å². The fourth-order valence-electron chi connectivity index (χ4n) is 2.42. The number of hydrogen-bond acceptors (Lipinski definition) is 2. The van der Waals surface area contributed by atoms with E-state index < -0.39 is 0 Å². The molecule has 0 spiro atoms. The van der Waals surface area contributed by atoms with Crippen LogP contribution in [0.15, 0.2) is 24.3 Å². The van der Waals surface area contributed by atoms with Gasteiger partial charge >= 0.3 is 0 Å². The van der Waals surface area contributed by atoms with Gasteiger partial charge in [-0.15, -0.1) is 12.4 Å². The lowest BCUT2D eigenvalue weighted by atomic mass is 9.93. The topological polar surface area (TPSA) is 46.3 Å². The molecule has 2 unspecified atom stereocenters. The van der Waals surface area contributed by atoms with Crippen molar-refractivity contribution in [3.63, 3.8) is 0 Å². The normalized spacial score (nSPS) is 19.7. The van der Waals surface area contributed by atoms with Crippen molar-refractivity contribution in [1.82, 2.24) is 0 Å². The van der Waals surface area contributed by atoms with Gasteiger partial charge in [0.2, 0.25) is 5.91 Å². The van der Waals surface area contributed by atoms with Gasteiger partial charge in [0.25, 0.3) is 0 Å². The van der Waals surface area contributed by atoms with Crippen molar-refractivity contribution >= 4 is 24.0 Å². The number of nitrogens with two attached hydrogens (primary N) is 1. The highest BCUT2D eigenvalue weighted by atomic mass is 35.5. The third-order valence-electron chi connectivity index (χ3n) is 3.14. The molecule has 18 heavy (non-hydrogen) atoms. The predicted molar refractivity (Wildman–Crippen MR) is 77.2 cm³/mol. The van der Waals surface area contributed by atoms with E-state index in [1.54, 1.807) is 0 Å². The number of para-hydroxylation sites is 1. The van der Waals surface area contributed by atoms with Crippen molar-refractivity contribution in [3.8, 4) is 0 Å². The number of carbonyl (C=O) groups is 1. The molecule has 2 rings (SSSR count). The van der Waals surface area contributed by atoms with E-state index in [1.165, 1.54) is 5.56 Å². The molecule has 0 saturated carbocycles. The van der Waals surface area contributed by atoms with Crippen LogP contribution in [0.5, 0.6) is 0 Å². The van der Waals surface area contributed by atoms with E-state index in [-0.39, 0.29) is 24.4 Å². The standard InChI is InChI=1S/C14H20N2O.ClH/c1-10-7-12-5-3-4-6-13(12)16(9-10)14(17)8-11(2)15;/h3-6,10-11H,7-9,15H2,1-2H3;1H. The number of hydrogen-bond donors (Lipinski definition) is 1. The molecular formula is C14H21ClN2O. The molecule has 3 nitrogen and oxygen atoms in total. The van der Waals surface area contributed by atoms with Gasteiger partial charge in [-0.3, -0.25) is 4.79 Å². The molecule has 1 aromatic rings. The van der Waals surface area contributed by atoms with Gasteiger partial charge in [-0.1, -0.05) is 25.1 Å². The zero-order chi connectivity index (χ0) is 12.4. The van der Waals surface area contributed by atoms with E-state index in [0.717, 1.165) is 18.7 Å². The van der Waals surface area contributed by atoms with Gasteiger partial charge in [-0.25, -0.2) is 0 Å². The molecule has 0 aromatic heterocycles. The highest BCUT2D eigenvalue weighted by molar-refractivity contribution is 5.94. The van der Waals surface area contributed by atoms with Crippen LogP contribution in [0, 0.1) is 5.92 Å². The first kappa shape index (κ1) is 15.0. The highest BCUT2D eigenvalue weighted by Crippen LogP contribution is 2.29. The number of fused-ring (bicyclic) bond motifs is 1. The summed E-state index contributed by atoms with van der Waals surface area (Å²) < 4.78 is 0. The second-order valence-electron chi connectivity index (χ2n) is 5.12. The Balaban J connectivity index is 0.00000162. The molecule has 0 fully saturated rings. The second kappa shape index (κ2) is 6.21. The summed E-state index contributed by atoms with van der Waals surface area (Å²) in [5.74, 6) is 0.654. The van der Waals surface area contributed by atoms with Crippen molar-refractivity contribution in [3.05, 3.63) is 29.8 Å². The Morgan fingerprint density at radius 3 is 2.83 bits per heavy atom. The van der Waals surface area contributed by atoms with Gasteiger partial charge in [-0.2, -0.15) is 0 Å². The number of rotatable bonds is 2. The number of benzene rings is 1. The van der Waals surface area contributed by atoms with Crippen molar-refractivity contribution in [2.24, 2.45) is 11.7 Å². The van der Waals surface area contributed by atoms with E-state index in [9.17, 15) is 4.79 Å². The lowest BCUT2D eigenvalue weighted by Gasteiger charge is -2.33. The van der Waals surface area contributed by atoms with Crippen LogP contribution in [0.1, 0.15) is 25.8 Å². The van der Waals surface area contributed by atoms with Crippen molar-refractivity contribution in [1.29, 1.82) is 0 Å². The molecule has 0 radical (unpaired) electrons. The molecule has 100 valence electrons. The summed E-state index contributed by atoms with van der Waals surface area (Å²) >= 11 is 0. The van der Waals surface area contributed by atoms with Gasteiger partial charge in [0.15, 0.2) is 0 Å². The average molecular weight is 269 g/mol. The number of halogens is 1. The van der Waals surface area contributed by atoms with Crippen molar-refractivity contribution in [2.75, 3.05) is 11.4 Å². The molecule has 2 atom stereocenters. The summed E-state index contributed by atoms with van der Waals surface area (Å²) in [6.45, 7) is 4.86. The van der Waals surface area contributed by atoms with Crippen LogP contribution in [-0.2, 0) is 11.2 Å². The Labute approximate surface area is 115 Å². The fraction of sp³-hybridized carbons (Fsp3) is 0.500. The maximum absolute atomic E-state index is 12.2. The Morgan fingerprint density at radius 2 is 2.17 bits per heavy atom. The fourth-order valence-corrected chi connectivity index (χ4v) is 2.42. The molecule has 2 N–H and O–H groups in total. The van der Waals surface area contributed by atoms with E-state index >= 15 is 0 Å². The Morgan fingerprint density at radius 1 is 1.50 bits per heavy atom. The predicted octanol–water partition coefficient (Wildman–Crippen LogP) is 2.37. The minimum Gasteiger partial charge on any atom is -0.327 e. The molecule has 1 aliphatic rings. The summed E-state index contributed by atoms with van der Waals surface area (Å²) in [7, 11) is 0. The minimum atomic E-state index is -0.0769. The number of nitrogens with zero attached hydrogens (tertiary/aromatic N) is 1. The molecular weight excluding hydrogens is 248 g/mol. The van der Waals surface area contributed by atoms with E-state index in [0.29, 0.717) is 12.3 Å². The van der Waals surface area contributed by atoms with Crippen LogP contribution >= 0.6 is 12.4 Å². The zero-order valence-electron chi connectivity index (χ0n) is 10.9. The second-order valence-corrected chi connectivity index (χ2v) is 5.12. The third-order valence-corrected chi connectivity index (χ3v) is 3.14. The maximum Gasteiger partial charge on any atom is 0.228 e. The highest BCUT2D eigenvalue weighted by Gasteiger charge is 2.26. The Kier molecular flexibility index (Phi) is 5.17. The smallest absolute Gasteiger partial charge is 0.228 e. The van der Waals surface area contributed by atoms with Crippen LogP contribution in [0.4, 0.5) is 5.69 Å². The summed E-state index contributed by atoms with van der Waals surface area (Å²) in [6.07, 6.45) is 1.47. The number of carbonyl (C=O) groups excluding carboxylic acids is 1. The van der Waals surface area contributed by atoms with Crippen LogP contribution < -0.4 is 10.6 Å². The molecule has 1 amide bonds. The first-order valence-electron chi connectivity index (χ1n) is 6.21. The molecule has 0 aliphatic carbocycles. The van der Waals surface area contributed by atoms with Crippen LogP contribution in [0.2, 0.25) is 0 Å². The summed E-state index contributed by atoms with van der Waals surface area (Å²) in [5.41, 5.74) is 8.04. The average Bonchev–Trinajstić information content (AvgIpc) is 2.26. The SMILES string of the molecule is CC(N)CC(=O)N1CC(C)Cc2ccccc21.Cl. The molecule has 1 aromatic carbocycles. The van der Waals surface area contributed by atoms with Gasteiger partial charge in [0, 0.05) is 24.7 Å². The van der Waals surface area contributed by atoms with Crippen LogP contribution in [0.3, 0.4) is 0 Å². The van der Waals surface area contributed by atoms with Gasteiger partial charge in [-0.05, 0) is 30.9 Å². The van der Waals surface area contributed by atoms with E-state index in [4.69, 9.17) is 5.73 Å². The molecule has 1 heterocycles. The molecule has 4 heteroatoms. The largest absolute Gasteiger partial charge is 0.327 e. The molecule has 0 bridgehead atoms. The van der Waals surface area contributed by atoms with Gasteiger partial charge < -0.3 is 10.6 Å². The zero-order valence-corrected chi connectivity index (χ0v) is 11.7. The first-order valence-corrected chi connectivity index (χ1v) is 6.21. The summed E-state index contributed by atoms with van der Waals surface area (Å²) in [6, 6.07) is 8.08. The number of anilines is 1. The maximum atomic E-state index is 12.2. The molecule has 0 saturated heterocycles. The lowest BCUT2D eigenvalue weighted by Crippen LogP contribution is -2.41. The van der Waals surface area contributed by atoms with E-state index in [2.05, 4.69) is 13.0 Å². The van der Waals surface area contributed by atoms with Crippen molar-refractivity contribution < 1.29 is 4.79 Å². The Hall–Kier alpha value is -1.06. The number of amides is 1. The van der Waals surface area contributed by atoms with Crippen LogP contribution in [-0.4, -0.2) is 18.5 Å². The third kappa shape index (κ3) is 3.24. The van der Waals surface area contributed by atoms with Gasteiger partial charge in [0.05, 0.1) is 0 Å². The summed E-state index contributed by atoms with van der Waals surface area (Å²) in [4.78, 5) is 14.1. The lowest BCUT2D eigenvalue weighted by molar-refractivity contribution is -0.119. The van der Waals surface area contributed by atoms with Crippen LogP contribution in [0.25, 0.3) is 0 Å².